The van der Waals surface area contributed by atoms with E-state index in [-0.39, 0.29) is 25.5 Å². The van der Waals surface area contributed by atoms with Gasteiger partial charge < -0.3 is 9.84 Å². The van der Waals surface area contributed by atoms with Crippen molar-refractivity contribution < 1.29 is 24.2 Å². The number of ether oxygens (including phenoxy) is 1. The van der Waals surface area contributed by atoms with Crippen LogP contribution in [0.1, 0.15) is 47.0 Å². The number of aliphatic imine (C=N–C) groups is 1. The number of fused-ring (bicyclic) bond motifs is 1. The first-order valence-corrected chi connectivity index (χ1v) is 10.9. The van der Waals surface area contributed by atoms with Crippen molar-refractivity contribution in [2.75, 3.05) is 13.2 Å². The summed E-state index contributed by atoms with van der Waals surface area (Å²) in [7, 11) is 0. The fraction of sp³-hybridized carbons (Fsp3) is 0.474. The third-order valence-corrected chi connectivity index (χ3v) is 6.88. The first-order valence-electron chi connectivity index (χ1n) is 9.17. The van der Waals surface area contributed by atoms with Crippen LogP contribution in [0.2, 0.25) is 0 Å². The number of carbonyl (C=O) groups excluding carboxylic acids is 2. The normalized spacial score (nSPS) is 20.3. The highest BCUT2D eigenvalue weighted by Crippen LogP contribution is 2.42. The van der Waals surface area contributed by atoms with Crippen LogP contribution in [0.4, 0.5) is 5.00 Å². The Kier molecular flexibility index (Phi) is 6.56. The summed E-state index contributed by atoms with van der Waals surface area (Å²) in [6.07, 6.45) is 5.10. The van der Waals surface area contributed by atoms with Crippen molar-refractivity contribution in [3.05, 3.63) is 28.7 Å². The molecule has 1 aromatic heterocycles. The van der Waals surface area contributed by atoms with Gasteiger partial charge in [-0.3, -0.25) is 14.5 Å². The number of aryl methyl sites for hydroxylation is 1. The van der Waals surface area contributed by atoms with Crippen molar-refractivity contribution in [2.24, 2.45) is 4.99 Å². The summed E-state index contributed by atoms with van der Waals surface area (Å²) < 4.78 is 5.24. The van der Waals surface area contributed by atoms with E-state index in [1.807, 2.05) is 0 Å². The van der Waals surface area contributed by atoms with Gasteiger partial charge in [-0.1, -0.05) is 17.8 Å². The minimum absolute atomic E-state index is 0.237. The molecule has 1 N–H and O–H groups in total. The molecule has 1 unspecified atom stereocenters. The molecule has 1 amide bonds. The Balaban J connectivity index is 2.02. The summed E-state index contributed by atoms with van der Waals surface area (Å²) in [6.45, 7) is 5.93. The lowest BCUT2D eigenvalue weighted by Crippen LogP contribution is -2.32. The molecule has 0 radical (unpaired) electrons. The topological polar surface area (TPSA) is 96.3 Å². The molecule has 0 aromatic carbocycles. The number of aliphatic carboxylic acids is 1. The summed E-state index contributed by atoms with van der Waals surface area (Å²) in [5, 5.41) is 9.28. The first kappa shape index (κ1) is 20.6. The standard InChI is InChI=1S/C19H22N2O5S2/c1-3-9-21-17(24)13(10-14(22)23)28-19(21)20-16-15(18(25)26-4-2)11-7-5-6-8-12(11)27-16/h3,13H,1,4-10H2,2H3,(H,22,23). The highest BCUT2D eigenvalue weighted by Gasteiger charge is 2.39. The predicted molar refractivity (Wildman–Crippen MR) is 110 cm³/mol. The monoisotopic (exact) mass is 422 g/mol. The number of thiophene rings is 1. The third-order valence-electron chi connectivity index (χ3n) is 4.52. The average Bonchev–Trinajstić information content (AvgIpc) is 3.14. The van der Waals surface area contributed by atoms with Crippen LogP contribution < -0.4 is 0 Å². The van der Waals surface area contributed by atoms with Crippen molar-refractivity contribution in [1.29, 1.82) is 0 Å². The van der Waals surface area contributed by atoms with Gasteiger partial charge >= 0.3 is 11.9 Å². The van der Waals surface area contributed by atoms with Gasteiger partial charge in [0, 0.05) is 11.4 Å². The molecule has 7 nitrogen and oxygen atoms in total. The van der Waals surface area contributed by atoms with Gasteiger partial charge in [0.25, 0.3) is 0 Å². The molecule has 3 rings (SSSR count). The van der Waals surface area contributed by atoms with E-state index in [2.05, 4.69) is 11.6 Å². The fourth-order valence-electron chi connectivity index (χ4n) is 3.31. The largest absolute Gasteiger partial charge is 0.481 e. The van der Waals surface area contributed by atoms with Crippen molar-refractivity contribution >= 4 is 51.1 Å². The van der Waals surface area contributed by atoms with Gasteiger partial charge in [0.1, 0.15) is 10.3 Å². The zero-order valence-corrected chi connectivity index (χ0v) is 17.2. The second kappa shape index (κ2) is 8.91. The summed E-state index contributed by atoms with van der Waals surface area (Å²) in [6, 6.07) is 0. The molecule has 0 bridgehead atoms. The quantitative estimate of drug-likeness (QED) is 0.534. The van der Waals surface area contributed by atoms with E-state index in [0.717, 1.165) is 47.9 Å². The van der Waals surface area contributed by atoms with Crippen LogP contribution in [-0.4, -0.2) is 51.4 Å². The summed E-state index contributed by atoms with van der Waals surface area (Å²) >= 11 is 2.58. The van der Waals surface area contributed by atoms with Crippen LogP contribution in [-0.2, 0) is 27.2 Å². The van der Waals surface area contributed by atoms with Crippen LogP contribution in [0.5, 0.6) is 0 Å². The van der Waals surface area contributed by atoms with E-state index in [9.17, 15) is 14.4 Å². The first-order chi connectivity index (χ1) is 13.5. The number of thioether (sulfide) groups is 1. The van der Waals surface area contributed by atoms with Crippen LogP contribution in [0, 0.1) is 0 Å². The number of hydrogen-bond acceptors (Lipinski definition) is 7. The molecule has 150 valence electrons. The maximum atomic E-state index is 12.6. The van der Waals surface area contributed by atoms with E-state index in [0.29, 0.717) is 15.7 Å². The Labute approximate surface area is 171 Å². The number of amidine groups is 1. The number of nitrogens with zero attached hydrogens (tertiary/aromatic N) is 2. The van der Waals surface area contributed by atoms with Crippen LogP contribution in [0.3, 0.4) is 0 Å². The maximum Gasteiger partial charge on any atom is 0.341 e. The van der Waals surface area contributed by atoms with E-state index in [1.54, 1.807) is 13.0 Å². The Hall–Kier alpha value is -2.13. The van der Waals surface area contributed by atoms with Gasteiger partial charge in [-0.2, -0.15) is 0 Å². The maximum absolute atomic E-state index is 12.6. The zero-order chi connectivity index (χ0) is 20.3. The second-order valence-electron chi connectivity index (χ2n) is 6.45. The zero-order valence-electron chi connectivity index (χ0n) is 15.6. The molecule has 1 aliphatic carbocycles. The number of carbonyl (C=O) groups is 3. The number of rotatable bonds is 7. The lowest BCUT2D eigenvalue weighted by Gasteiger charge is -2.13. The lowest BCUT2D eigenvalue weighted by atomic mass is 9.95. The van der Waals surface area contributed by atoms with Gasteiger partial charge in [-0.25, -0.2) is 9.79 Å². The highest BCUT2D eigenvalue weighted by molar-refractivity contribution is 8.15. The van der Waals surface area contributed by atoms with Gasteiger partial charge in [0.2, 0.25) is 5.91 Å². The van der Waals surface area contributed by atoms with E-state index >= 15 is 0 Å². The molecule has 0 spiro atoms. The molecule has 2 heterocycles. The number of esters is 1. The molecule has 0 saturated carbocycles. The summed E-state index contributed by atoms with van der Waals surface area (Å²) in [5.41, 5.74) is 1.49. The Bertz CT molecular complexity index is 846. The molecule has 1 aromatic rings. The number of amides is 1. The molecule has 28 heavy (non-hydrogen) atoms. The summed E-state index contributed by atoms with van der Waals surface area (Å²) in [5.74, 6) is -1.73. The third kappa shape index (κ3) is 4.15. The number of carboxylic acid groups (broad SMARTS) is 1. The average molecular weight is 423 g/mol. The molecule has 1 fully saturated rings. The van der Waals surface area contributed by atoms with Crippen molar-refractivity contribution in [1.82, 2.24) is 4.90 Å². The molecular formula is C19H22N2O5S2. The highest BCUT2D eigenvalue weighted by atomic mass is 32.2. The van der Waals surface area contributed by atoms with Crippen molar-refractivity contribution in [3.63, 3.8) is 0 Å². The number of hydrogen-bond donors (Lipinski definition) is 1. The summed E-state index contributed by atoms with van der Waals surface area (Å²) in [4.78, 5) is 43.4. The second-order valence-corrected chi connectivity index (χ2v) is 8.70. The Morgan fingerprint density at radius 3 is 2.82 bits per heavy atom. The van der Waals surface area contributed by atoms with Crippen LogP contribution >= 0.6 is 23.1 Å². The van der Waals surface area contributed by atoms with E-state index < -0.39 is 17.2 Å². The molecule has 1 atom stereocenters. The van der Waals surface area contributed by atoms with Crippen LogP contribution in [0.15, 0.2) is 17.6 Å². The molecular weight excluding hydrogens is 400 g/mol. The molecule has 1 saturated heterocycles. The molecule has 1 aliphatic heterocycles. The van der Waals surface area contributed by atoms with Crippen molar-refractivity contribution in [3.8, 4) is 0 Å². The van der Waals surface area contributed by atoms with Crippen LogP contribution in [0.25, 0.3) is 0 Å². The van der Waals surface area contributed by atoms with Gasteiger partial charge in [-0.15, -0.1) is 17.9 Å². The van der Waals surface area contributed by atoms with Gasteiger partial charge in [-0.05, 0) is 38.2 Å². The lowest BCUT2D eigenvalue weighted by molar-refractivity contribution is -0.139. The smallest absolute Gasteiger partial charge is 0.341 e. The van der Waals surface area contributed by atoms with E-state index in [1.165, 1.54) is 16.2 Å². The van der Waals surface area contributed by atoms with Crippen molar-refractivity contribution in [2.45, 2.75) is 44.3 Å². The SMILES string of the molecule is C=CCN1C(=O)C(CC(=O)O)SC1=Nc1sc2c(c1C(=O)OCC)CCCC2. The van der Waals surface area contributed by atoms with Gasteiger partial charge in [0.15, 0.2) is 5.17 Å². The molecule has 9 heteroatoms. The predicted octanol–water partition coefficient (Wildman–Crippen LogP) is 3.40. The minimum atomic E-state index is -1.04. The number of carboxylic acids is 1. The fourth-order valence-corrected chi connectivity index (χ4v) is 5.76. The Morgan fingerprint density at radius 2 is 2.14 bits per heavy atom. The Morgan fingerprint density at radius 1 is 1.39 bits per heavy atom. The minimum Gasteiger partial charge on any atom is -0.481 e. The van der Waals surface area contributed by atoms with Gasteiger partial charge in [0.05, 0.1) is 18.6 Å². The molecule has 2 aliphatic rings. The van der Waals surface area contributed by atoms with E-state index in [4.69, 9.17) is 9.84 Å².